The van der Waals surface area contributed by atoms with Crippen LogP contribution in [-0.2, 0) is 20.9 Å². The van der Waals surface area contributed by atoms with E-state index in [1.807, 2.05) is 19.9 Å². The number of piperidine rings is 1. The van der Waals surface area contributed by atoms with Gasteiger partial charge in [-0.3, -0.25) is 14.3 Å². The molecule has 1 saturated heterocycles. The molecule has 20 heavy (non-hydrogen) atoms. The lowest BCUT2D eigenvalue weighted by Crippen LogP contribution is -2.44. The fourth-order valence-electron chi connectivity index (χ4n) is 2.63. The molecule has 0 bridgehead atoms. The van der Waals surface area contributed by atoms with E-state index >= 15 is 0 Å². The summed E-state index contributed by atoms with van der Waals surface area (Å²) in [6.45, 7) is 5.22. The van der Waals surface area contributed by atoms with Crippen molar-refractivity contribution in [3.05, 3.63) is 17.5 Å². The third kappa shape index (κ3) is 3.18. The molecule has 6 heteroatoms. The summed E-state index contributed by atoms with van der Waals surface area (Å²) in [6.07, 6.45) is 1.62. The molecule has 0 spiro atoms. The van der Waals surface area contributed by atoms with Crippen molar-refractivity contribution in [3.63, 3.8) is 0 Å². The zero-order valence-electron chi connectivity index (χ0n) is 12.3. The summed E-state index contributed by atoms with van der Waals surface area (Å²) in [5.41, 5.74) is 1.87. The van der Waals surface area contributed by atoms with Gasteiger partial charge in [0.25, 0.3) is 0 Å². The molecular weight excluding hydrogens is 258 g/mol. The highest BCUT2D eigenvalue weighted by molar-refractivity contribution is 5.78. The van der Waals surface area contributed by atoms with Crippen molar-refractivity contribution in [1.82, 2.24) is 14.7 Å². The number of hydrogen-bond acceptors (Lipinski definition) is 4. The van der Waals surface area contributed by atoms with E-state index in [-0.39, 0.29) is 24.3 Å². The lowest BCUT2D eigenvalue weighted by molar-refractivity contribution is -0.149. The van der Waals surface area contributed by atoms with Gasteiger partial charge in [0.2, 0.25) is 5.91 Å². The Morgan fingerprint density at radius 2 is 2.20 bits per heavy atom. The van der Waals surface area contributed by atoms with E-state index in [0.717, 1.165) is 24.2 Å². The van der Waals surface area contributed by atoms with Crippen LogP contribution in [0.3, 0.4) is 0 Å². The predicted molar refractivity (Wildman–Crippen MR) is 73.0 cm³/mol. The average molecular weight is 279 g/mol. The lowest BCUT2D eigenvalue weighted by Gasteiger charge is -2.31. The molecule has 1 aromatic heterocycles. The summed E-state index contributed by atoms with van der Waals surface area (Å²) >= 11 is 0. The van der Waals surface area contributed by atoms with Crippen LogP contribution in [-0.4, -0.2) is 46.8 Å². The molecule has 1 fully saturated rings. The molecule has 0 aromatic carbocycles. The quantitative estimate of drug-likeness (QED) is 0.772. The number of aryl methyl sites for hydroxylation is 2. The molecule has 0 saturated carbocycles. The molecule has 1 aliphatic heterocycles. The highest BCUT2D eigenvalue weighted by atomic mass is 16.5. The number of amides is 1. The molecule has 0 aliphatic carbocycles. The van der Waals surface area contributed by atoms with E-state index in [1.54, 1.807) is 9.58 Å². The minimum atomic E-state index is -0.228. The van der Waals surface area contributed by atoms with Crippen LogP contribution in [0.5, 0.6) is 0 Å². The first-order chi connectivity index (χ1) is 9.51. The van der Waals surface area contributed by atoms with Crippen LogP contribution in [0.4, 0.5) is 0 Å². The summed E-state index contributed by atoms with van der Waals surface area (Å²) in [5, 5.41) is 4.29. The van der Waals surface area contributed by atoms with Crippen molar-refractivity contribution >= 4 is 11.9 Å². The second-order valence-corrected chi connectivity index (χ2v) is 5.29. The van der Waals surface area contributed by atoms with Gasteiger partial charge in [0, 0.05) is 18.8 Å². The van der Waals surface area contributed by atoms with Crippen molar-refractivity contribution in [3.8, 4) is 0 Å². The van der Waals surface area contributed by atoms with Gasteiger partial charge in [0.15, 0.2) is 0 Å². The fourth-order valence-corrected chi connectivity index (χ4v) is 2.63. The Labute approximate surface area is 118 Å². The minimum Gasteiger partial charge on any atom is -0.469 e. The zero-order chi connectivity index (χ0) is 14.7. The Kier molecular flexibility index (Phi) is 4.42. The number of rotatable bonds is 3. The molecule has 2 rings (SSSR count). The molecule has 1 atom stereocenters. The number of nitrogens with zero attached hydrogens (tertiary/aromatic N) is 3. The Morgan fingerprint density at radius 1 is 1.45 bits per heavy atom. The predicted octanol–water partition coefficient (Wildman–Crippen LogP) is 0.912. The van der Waals surface area contributed by atoms with Gasteiger partial charge in [-0.15, -0.1) is 0 Å². The standard InChI is InChI=1S/C14H21N3O3/c1-10-7-11(2)17(15-10)9-13(18)16-6-4-5-12(8-16)14(19)20-3/h7,12H,4-6,8-9H2,1-3H3/t12-/m0/s1. The molecule has 110 valence electrons. The first kappa shape index (κ1) is 14.6. The lowest BCUT2D eigenvalue weighted by atomic mass is 9.98. The van der Waals surface area contributed by atoms with Crippen molar-refractivity contribution in [2.24, 2.45) is 5.92 Å². The Hall–Kier alpha value is -1.85. The molecule has 1 aliphatic rings. The van der Waals surface area contributed by atoms with Crippen LogP contribution < -0.4 is 0 Å². The van der Waals surface area contributed by atoms with Crippen molar-refractivity contribution in [2.45, 2.75) is 33.2 Å². The van der Waals surface area contributed by atoms with Gasteiger partial charge in [-0.25, -0.2) is 0 Å². The number of esters is 1. The number of hydrogen-bond donors (Lipinski definition) is 0. The van der Waals surface area contributed by atoms with Crippen LogP contribution in [0.1, 0.15) is 24.2 Å². The first-order valence-corrected chi connectivity index (χ1v) is 6.88. The molecule has 0 N–H and O–H groups in total. The molecule has 1 aromatic rings. The Balaban J connectivity index is 1.98. The van der Waals surface area contributed by atoms with Gasteiger partial charge in [0.05, 0.1) is 18.7 Å². The normalized spacial score (nSPS) is 18.9. The number of carbonyl (C=O) groups excluding carboxylic acids is 2. The molecule has 0 radical (unpaired) electrons. The summed E-state index contributed by atoms with van der Waals surface area (Å²) in [4.78, 5) is 25.6. The van der Waals surface area contributed by atoms with E-state index in [9.17, 15) is 9.59 Å². The van der Waals surface area contributed by atoms with Gasteiger partial charge in [-0.1, -0.05) is 0 Å². The summed E-state index contributed by atoms with van der Waals surface area (Å²) < 4.78 is 6.47. The summed E-state index contributed by atoms with van der Waals surface area (Å²) in [7, 11) is 1.39. The van der Waals surface area contributed by atoms with Crippen LogP contribution in [0.25, 0.3) is 0 Å². The van der Waals surface area contributed by atoms with E-state index in [1.165, 1.54) is 7.11 Å². The van der Waals surface area contributed by atoms with Crippen molar-refractivity contribution in [2.75, 3.05) is 20.2 Å². The van der Waals surface area contributed by atoms with E-state index < -0.39 is 0 Å². The third-order valence-electron chi connectivity index (χ3n) is 3.70. The van der Waals surface area contributed by atoms with Gasteiger partial charge in [0.1, 0.15) is 6.54 Å². The summed E-state index contributed by atoms with van der Waals surface area (Å²) in [5.74, 6) is -0.420. The van der Waals surface area contributed by atoms with Crippen LogP contribution in [0.15, 0.2) is 6.07 Å². The highest BCUT2D eigenvalue weighted by Gasteiger charge is 2.29. The number of aromatic nitrogens is 2. The maximum Gasteiger partial charge on any atom is 0.310 e. The Bertz CT molecular complexity index is 510. The monoisotopic (exact) mass is 279 g/mol. The van der Waals surface area contributed by atoms with Gasteiger partial charge in [-0.05, 0) is 32.8 Å². The van der Waals surface area contributed by atoms with Crippen LogP contribution in [0.2, 0.25) is 0 Å². The molecular formula is C14H21N3O3. The second kappa shape index (κ2) is 6.07. The van der Waals surface area contributed by atoms with Crippen LogP contribution in [0, 0.1) is 19.8 Å². The number of methoxy groups -OCH3 is 1. The average Bonchev–Trinajstić information content (AvgIpc) is 2.76. The van der Waals surface area contributed by atoms with Gasteiger partial charge >= 0.3 is 5.97 Å². The highest BCUT2D eigenvalue weighted by Crippen LogP contribution is 2.18. The topological polar surface area (TPSA) is 64.4 Å². The van der Waals surface area contributed by atoms with Gasteiger partial charge in [-0.2, -0.15) is 5.10 Å². The third-order valence-corrected chi connectivity index (χ3v) is 3.70. The maximum absolute atomic E-state index is 12.3. The number of carbonyl (C=O) groups is 2. The van der Waals surface area contributed by atoms with E-state index in [2.05, 4.69) is 5.10 Å². The Morgan fingerprint density at radius 3 is 2.80 bits per heavy atom. The van der Waals surface area contributed by atoms with Crippen molar-refractivity contribution < 1.29 is 14.3 Å². The molecule has 1 amide bonds. The largest absolute Gasteiger partial charge is 0.469 e. The minimum absolute atomic E-state index is 0.00445. The second-order valence-electron chi connectivity index (χ2n) is 5.29. The SMILES string of the molecule is COC(=O)[C@H]1CCCN(C(=O)Cn2nc(C)cc2C)C1. The van der Waals surface area contributed by atoms with Crippen LogP contribution >= 0.6 is 0 Å². The van der Waals surface area contributed by atoms with Gasteiger partial charge < -0.3 is 9.64 Å². The molecule has 0 unspecified atom stereocenters. The maximum atomic E-state index is 12.3. The number of likely N-dealkylation sites (tertiary alicyclic amines) is 1. The van der Waals surface area contributed by atoms with E-state index in [0.29, 0.717) is 13.1 Å². The molecule has 6 nitrogen and oxygen atoms in total. The first-order valence-electron chi connectivity index (χ1n) is 6.88. The zero-order valence-corrected chi connectivity index (χ0v) is 12.3. The van der Waals surface area contributed by atoms with E-state index in [4.69, 9.17) is 4.74 Å². The number of ether oxygens (including phenoxy) is 1. The smallest absolute Gasteiger partial charge is 0.310 e. The summed E-state index contributed by atoms with van der Waals surface area (Å²) in [6, 6.07) is 1.95. The molecule has 2 heterocycles. The fraction of sp³-hybridized carbons (Fsp3) is 0.643. The van der Waals surface area contributed by atoms with Crippen molar-refractivity contribution in [1.29, 1.82) is 0 Å².